The summed E-state index contributed by atoms with van der Waals surface area (Å²) < 4.78 is 10.9. The number of nitrogens with two attached hydrogens (primary N) is 1. The minimum absolute atomic E-state index is 0.208. The molecule has 5 nitrogen and oxygen atoms in total. The van der Waals surface area contributed by atoms with Crippen LogP contribution in [0, 0.1) is 11.5 Å². The SMILES string of the molecule is N#CNC(=S)Nc1ccc(S(N)=O)cc1. The third-order valence-corrected chi connectivity index (χ3v) is 2.45. The second-order valence-corrected chi connectivity index (χ2v) is 3.99. The summed E-state index contributed by atoms with van der Waals surface area (Å²) in [7, 11) is -1.48. The molecule has 0 saturated heterocycles. The van der Waals surface area contributed by atoms with Crippen molar-refractivity contribution in [1.29, 1.82) is 5.26 Å². The number of anilines is 1. The summed E-state index contributed by atoms with van der Waals surface area (Å²) >= 11 is 4.79. The van der Waals surface area contributed by atoms with Gasteiger partial charge in [-0.05, 0) is 36.5 Å². The van der Waals surface area contributed by atoms with Gasteiger partial charge >= 0.3 is 0 Å². The predicted octanol–water partition coefficient (Wildman–Crippen LogP) is 0.435. The van der Waals surface area contributed by atoms with Gasteiger partial charge in [0.25, 0.3) is 0 Å². The van der Waals surface area contributed by atoms with Gasteiger partial charge in [-0.25, -0.2) is 9.35 Å². The second kappa shape index (κ2) is 5.41. The van der Waals surface area contributed by atoms with Crippen LogP contribution in [0.15, 0.2) is 29.2 Å². The summed E-state index contributed by atoms with van der Waals surface area (Å²) in [5.41, 5.74) is 0.692. The maximum absolute atomic E-state index is 10.9. The zero-order chi connectivity index (χ0) is 11.3. The average Bonchev–Trinajstić information content (AvgIpc) is 2.18. The molecule has 1 aromatic carbocycles. The molecule has 0 radical (unpaired) electrons. The molecule has 4 N–H and O–H groups in total. The molecule has 1 unspecified atom stereocenters. The van der Waals surface area contributed by atoms with E-state index >= 15 is 0 Å². The first kappa shape index (κ1) is 11.6. The smallest absolute Gasteiger partial charge is 0.184 e. The van der Waals surface area contributed by atoms with Crippen molar-refractivity contribution in [1.82, 2.24) is 5.32 Å². The summed E-state index contributed by atoms with van der Waals surface area (Å²) in [6.07, 6.45) is 1.69. The largest absolute Gasteiger partial charge is 0.332 e. The normalized spacial score (nSPS) is 11.2. The number of thiocarbonyl (C=S) groups is 1. The Morgan fingerprint density at radius 3 is 2.53 bits per heavy atom. The monoisotopic (exact) mass is 240 g/mol. The van der Waals surface area contributed by atoms with Crippen LogP contribution in [0.25, 0.3) is 0 Å². The number of hydrogen-bond acceptors (Lipinski definition) is 3. The Morgan fingerprint density at radius 1 is 1.47 bits per heavy atom. The molecule has 78 valence electrons. The molecule has 0 heterocycles. The van der Waals surface area contributed by atoms with E-state index in [1.807, 2.05) is 0 Å². The number of nitrogens with one attached hydrogen (secondary N) is 2. The fourth-order valence-electron chi connectivity index (χ4n) is 0.886. The Morgan fingerprint density at radius 2 is 2.07 bits per heavy atom. The van der Waals surface area contributed by atoms with E-state index < -0.39 is 11.0 Å². The van der Waals surface area contributed by atoms with Crippen molar-refractivity contribution in [3.8, 4) is 6.19 Å². The van der Waals surface area contributed by atoms with Crippen LogP contribution < -0.4 is 15.8 Å². The van der Waals surface area contributed by atoms with Crippen molar-refractivity contribution >= 4 is 34.0 Å². The molecule has 0 aliphatic heterocycles. The molecule has 0 fully saturated rings. The second-order valence-electron chi connectivity index (χ2n) is 2.51. The molecule has 7 heteroatoms. The van der Waals surface area contributed by atoms with Crippen LogP contribution in [-0.2, 0) is 11.0 Å². The van der Waals surface area contributed by atoms with Crippen molar-refractivity contribution < 1.29 is 4.21 Å². The molecule has 0 amide bonds. The van der Waals surface area contributed by atoms with E-state index in [-0.39, 0.29) is 5.11 Å². The summed E-state index contributed by atoms with van der Waals surface area (Å²) in [5.74, 6) is 0. The summed E-state index contributed by atoms with van der Waals surface area (Å²) in [6, 6.07) is 6.58. The van der Waals surface area contributed by atoms with Crippen molar-refractivity contribution in [2.75, 3.05) is 5.32 Å². The lowest BCUT2D eigenvalue weighted by molar-refractivity contribution is 0.684. The van der Waals surface area contributed by atoms with Crippen molar-refractivity contribution in [2.24, 2.45) is 5.14 Å². The van der Waals surface area contributed by atoms with Crippen molar-refractivity contribution in [3.05, 3.63) is 24.3 Å². The first-order chi connectivity index (χ1) is 7.13. The van der Waals surface area contributed by atoms with E-state index in [2.05, 4.69) is 10.6 Å². The topological polar surface area (TPSA) is 90.9 Å². The number of nitrogens with zero attached hydrogens (tertiary/aromatic N) is 1. The Bertz CT molecular complexity index is 423. The van der Waals surface area contributed by atoms with E-state index in [0.717, 1.165) is 0 Å². The van der Waals surface area contributed by atoms with Crippen LogP contribution in [0.1, 0.15) is 0 Å². The molecular formula is C8H8N4OS2. The van der Waals surface area contributed by atoms with Crippen LogP contribution in [0.2, 0.25) is 0 Å². The van der Waals surface area contributed by atoms with Crippen LogP contribution >= 0.6 is 12.2 Å². The van der Waals surface area contributed by atoms with Gasteiger partial charge in [-0.15, -0.1) is 0 Å². The highest BCUT2D eigenvalue weighted by Crippen LogP contribution is 2.10. The molecular weight excluding hydrogens is 232 g/mol. The quantitative estimate of drug-likeness (QED) is 0.396. The summed E-state index contributed by atoms with van der Waals surface area (Å²) in [5, 5.41) is 18.7. The molecule has 0 bridgehead atoms. The minimum Gasteiger partial charge on any atom is -0.332 e. The number of nitriles is 1. The number of hydrogen-bond donors (Lipinski definition) is 3. The van der Waals surface area contributed by atoms with E-state index in [4.69, 9.17) is 22.6 Å². The fraction of sp³-hybridized carbons (Fsp3) is 0. The molecule has 0 aliphatic rings. The Hall–Kier alpha value is -1.49. The first-order valence-corrected chi connectivity index (χ1v) is 5.48. The third kappa shape index (κ3) is 3.63. The van der Waals surface area contributed by atoms with Crippen LogP contribution in [0.4, 0.5) is 5.69 Å². The molecule has 0 saturated carbocycles. The van der Waals surface area contributed by atoms with Crippen LogP contribution in [0.5, 0.6) is 0 Å². The van der Waals surface area contributed by atoms with E-state index in [1.54, 1.807) is 30.5 Å². The molecule has 1 rings (SSSR count). The lowest BCUT2D eigenvalue weighted by atomic mass is 10.3. The predicted molar refractivity (Wildman–Crippen MR) is 62.0 cm³/mol. The first-order valence-electron chi connectivity index (χ1n) is 3.86. The zero-order valence-corrected chi connectivity index (χ0v) is 9.19. The average molecular weight is 240 g/mol. The lowest BCUT2D eigenvalue weighted by Crippen LogP contribution is -2.23. The maximum atomic E-state index is 10.9. The highest BCUT2D eigenvalue weighted by molar-refractivity contribution is 7.82. The van der Waals surface area contributed by atoms with Gasteiger partial charge in [0, 0.05) is 5.69 Å². The van der Waals surface area contributed by atoms with Gasteiger partial charge in [0.2, 0.25) is 0 Å². The molecule has 15 heavy (non-hydrogen) atoms. The number of benzene rings is 1. The van der Waals surface area contributed by atoms with Gasteiger partial charge in [-0.1, -0.05) is 0 Å². The van der Waals surface area contributed by atoms with Gasteiger partial charge in [-0.3, -0.25) is 5.32 Å². The summed E-state index contributed by atoms with van der Waals surface area (Å²) in [4.78, 5) is 0.528. The van der Waals surface area contributed by atoms with E-state index in [0.29, 0.717) is 10.6 Å². The highest BCUT2D eigenvalue weighted by Gasteiger charge is 1.99. The molecule has 0 aliphatic carbocycles. The molecule has 1 aromatic rings. The molecule has 1 atom stereocenters. The van der Waals surface area contributed by atoms with Crippen LogP contribution in [-0.4, -0.2) is 9.32 Å². The van der Waals surface area contributed by atoms with Gasteiger partial charge in [0.15, 0.2) is 11.3 Å². The maximum Gasteiger partial charge on any atom is 0.184 e. The zero-order valence-electron chi connectivity index (χ0n) is 7.56. The Kier molecular flexibility index (Phi) is 4.17. The van der Waals surface area contributed by atoms with Gasteiger partial charge in [0.05, 0.1) is 4.90 Å². The van der Waals surface area contributed by atoms with Crippen molar-refractivity contribution in [3.63, 3.8) is 0 Å². The van der Waals surface area contributed by atoms with E-state index in [9.17, 15) is 4.21 Å². The number of rotatable bonds is 2. The van der Waals surface area contributed by atoms with Crippen molar-refractivity contribution in [2.45, 2.75) is 4.90 Å². The highest BCUT2D eigenvalue weighted by atomic mass is 32.2. The lowest BCUT2D eigenvalue weighted by Gasteiger charge is -2.05. The standard InChI is InChI=1S/C8H8N4OS2/c9-5-11-8(14)12-6-1-3-7(4-2-6)15(10)13/h1-4H,10H2,(H2,11,12,14). The fourth-order valence-corrected chi connectivity index (χ4v) is 1.45. The van der Waals surface area contributed by atoms with E-state index in [1.165, 1.54) is 0 Å². The Labute approximate surface area is 94.9 Å². The Balaban J connectivity index is 2.69. The van der Waals surface area contributed by atoms with Gasteiger partial charge in [0.1, 0.15) is 11.0 Å². The van der Waals surface area contributed by atoms with Crippen LogP contribution in [0.3, 0.4) is 0 Å². The third-order valence-electron chi connectivity index (χ3n) is 1.51. The molecule has 0 aromatic heterocycles. The van der Waals surface area contributed by atoms with Gasteiger partial charge < -0.3 is 5.32 Å². The molecule has 0 spiro atoms. The minimum atomic E-state index is -1.48. The van der Waals surface area contributed by atoms with Gasteiger partial charge in [-0.2, -0.15) is 5.26 Å². The summed E-state index contributed by atoms with van der Waals surface area (Å²) in [6.45, 7) is 0.